The van der Waals surface area contributed by atoms with E-state index in [9.17, 15) is 0 Å². The molecule has 0 amide bonds. The highest BCUT2D eigenvalue weighted by Gasteiger charge is 2.50. The summed E-state index contributed by atoms with van der Waals surface area (Å²) in [6.45, 7) is 5.36. The van der Waals surface area contributed by atoms with Crippen molar-refractivity contribution in [1.29, 1.82) is 0 Å². The van der Waals surface area contributed by atoms with Gasteiger partial charge in [-0.3, -0.25) is 0 Å². The van der Waals surface area contributed by atoms with E-state index in [0.717, 1.165) is 24.8 Å². The van der Waals surface area contributed by atoms with Gasteiger partial charge in [0.1, 0.15) is 0 Å². The molecule has 4 heteroatoms. The molecule has 0 spiro atoms. The Morgan fingerprint density at radius 2 is 2.31 bits per heavy atom. The van der Waals surface area contributed by atoms with Crippen LogP contribution in [0, 0.1) is 6.92 Å². The number of aryl methyl sites for hydroxylation is 1. The SMILES string of the molecule is Cc1noc(C23CCCN(C2)C3)n1. The molecule has 4 heterocycles. The molecule has 70 valence electrons. The zero-order chi connectivity index (χ0) is 8.89. The average molecular weight is 179 g/mol. The van der Waals surface area contributed by atoms with E-state index >= 15 is 0 Å². The number of nitrogens with zero attached hydrogens (tertiary/aromatic N) is 3. The molecule has 3 saturated heterocycles. The van der Waals surface area contributed by atoms with Crippen molar-refractivity contribution < 1.29 is 4.52 Å². The Kier molecular flexibility index (Phi) is 1.34. The second kappa shape index (κ2) is 2.32. The lowest BCUT2D eigenvalue weighted by atomic mass is 9.72. The summed E-state index contributed by atoms with van der Waals surface area (Å²) in [6, 6.07) is 0. The number of rotatable bonds is 1. The van der Waals surface area contributed by atoms with Crippen molar-refractivity contribution in [2.24, 2.45) is 0 Å². The van der Waals surface area contributed by atoms with E-state index in [4.69, 9.17) is 4.52 Å². The van der Waals surface area contributed by atoms with Gasteiger partial charge < -0.3 is 9.42 Å². The van der Waals surface area contributed by atoms with Gasteiger partial charge in [0, 0.05) is 13.1 Å². The molecule has 0 radical (unpaired) electrons. The molecule has 0 N–H and O–H groups in total. The van der Waals surface area contributed by atoms with Crippen LogP contribution in [0.25, 0.3) is 0 Å². The summed E-state index contributed by atoms with van der Waals surface area (Å²) < 4.78 is 5.26. The van der Waals surface area contributed by atoms with Gasteiger partial charge in [-0.05, 0) is 26.3 Å². The molecule has 13 heavy (non-hydrogen) atoms. The molecule has 3 fully saturated rings. The largest absolute Gasteiger partial charge is 0.339 e. The van der Waals surface area contributed by atoms with Crippen LogP contribution >= 0.6 is 0 Å². The van der Waals surface area contributed by atoms with Crippen molar-refractivity contribution in [2.45, 2.75) is 25.2 Å². The van der Waals surface area contributed by atoms with Crippen molar-refractivity contribution in [3.8, 4) is 0 Å². The summed E-state index contributed by atoms with van der Waals surface area (Å²) in [6.07, 6.45) is 2.48. The second-order valence-electron chi connectivity index (χ2n) is 4.24. The first kappa shape index (κ1) is 7.50. The Morgan fingerprint density at radius 1 is 1.46 bits per heavy atom. The summed E-state index contributed by atoms with van der Waals surface area (Å²) in [4.78, 5) is 6.79. The lowest BCUT2D eigenvalue weighted by Crippen LogP contribution is -2.63. The number of piperidine rings is 2. The van der Waals surface area contributed by atoms with E-state index in [1.807, 2.05) is 6.92 Å². The number of hydrogen-bond donors (Lipinski definition) is 0. The smallest absolute Gasteiger partial charge is 0.235 e. The zero-order valence-corrected chi connectivity index (χ0v) is 7.79. The van der Waals surface area contributed by atoms with Crippen LogP contribution < -0.4 is 0 Å². The summed E-state index contributed by atoms with van der Waals surface area (Å²) in [5, 5.41) is 3.86. The van der Waals surface area contributed by atoms with Crippen LogP contribution in [-0.4, -0.2) is 34.7 Å². The maximum Gasteiger partial charge on any atom is 0.235 e. The van der Waals surface area contributed by atoms with Gasteiger partial charge in [-0.2, -0.15) is 4.98 Å². The Bertz CT molecular complexity index is 322. The third-order valence-corrected chi connectivity index (χ3v) is 3.16. The lowest BCUT2D eigenvalue weighted by Gasteiger charge is -2.52. The Morgan fingerprint density at radius 3 is 2.85 bits per heavy atom. The van der Waals surface area contributed by atoms with E-state index in [1.165, 1.54) is 19.4 Å². The van der Waals surface area contributed by atoms with Crippen LogP contribution in [0.3, 0.4) is 0 Å². The highest BCUT2D eigenvalue weighted by molar-refractivity contribution is 5.16. The predicted molar refractivity (Wildman–Crippen MR) is 46.4 cm³/mol. The number of hydrogen-bond acceptors (Lipinski definition) is 4. The minimum Gasteiger partial charge on any atom is -0.339 e. The fourth-order valence-electron chi connectivity index (χ4n) is 2.52. The molecule has 2 bridgehead atoms. The van der Waals surface area contributed by atoms with Gasteiger partial charge in [0.15, 0.2) is 5.82 Å². The monoisotopic (exact) mass is 179 g/mol. The first-order valence-electron chi connectivity index (χ1n) is 4.82. The molecular formula is C9H13N3O. The molecule has 3 aliphatic heterocycles. The molecule has 0 aliphatic carbocycles. The van der Waals surface area contributed by atoms with Gasteiger partial charge in [0.05, 0.1) is 5.41 Å². The van der Waals surface area contributed by atoms with Gasteiger partial charge in [0.2, 0.25) is 5.89 Å². The molecule has 0 aromatic carbocycles. The van der Waals surface area contributed by atoms with Crippen molar-refractivity contribution in [3.63, 3.8) is 0 Å². The minimum atomic E-state index is 0.222. The molecule has 0 atom stereocenters. The summed E-state index contributed by atoms with van der Waals surface area (Å²) in [5.41, 5.74) is 0.222. The standard InChI is InChI=1S/C9H13N3O/c1-7-10-8(13-11-7)9-3-2-4-12(5-9)6-9/h2-6H2,1H3. The topological polar surface area (TPSA) is 42.2 Å². The minimum absolute atomic E-state index is 0.222. The number of aromatic nitrogens is 2. The van der Waals surface area contributed by atoms with Crippen LogP contribution in [0.1, 0.15) is 24.6 Å². The van der Waals surface area contributed by atoms with Gasteiger partial charge in [-0.15, -0.1) is 0 Å². The molecule has 3 aliphatic rings. The van der Waals surface area contributed by atoms with Crippen LogP contribution in [0.15, 0.2) is 4.52 Å². The van der Waals surface area contributed by atoms with Gasteiger partial charge in [0.25, 0.3) is 0 Å². The van der Waals surface area contributed by atoms with E-state index in [1.54, 1.807) is 0 Å². The Labute approximate surface area is 76.9 Å². The summed E-state index contributed by atoms with van der Waals surface area (Å²) in [7, 11) is 0. The molecule has 4 nitrogen and oxygen atoms in total. The average Bonchev–Trinajstić information content (AvgIpc) is 2.52. The molecule has 4 rings (SSSR count). The lowest BCUT2D eigenvalue weighted by molar-refractivity contribution is -0.00680. The zero-order valence-electron chi connectivity index (χ0n) is 7.79. The summed E-state index contributed by atoms with van der Waals surface area (Å²) in [5.74, 6) is 1.62. The molecule has 1 aromatic rings. The normalized spacial score (nSPS) is 37.2. The third kappa shape index (κ3) is 0.950. The van der Waals surface area contributed by atoms with Crippen LogP contribution in [0.4, 0.5) is 0 Å². The van der Waals surface area contributed by atoms with Gasteiger partial charge >= 0.3 is 0 Å². The quantitative estimate of drug-likeness (QED) is 0.637. The Hall–Kier alpha value is -0.900. The fourth-order valence-corrected chi connectivity index (χ4v) is 2.52. The van der Waals surface area contributed by atoms with E-state index in [2.05, 4.69) is 15.0 Å². The highest BCUT2D eigenvalue weighted by atomic mass is 16.5. The fraction of sp³-hybridized carbons (Fsp3) is 0.778. The second-order valence-corrected chi connectivity index (χ2v) is 4.24. The predicted octanol–water partition coefficient (Wildman–Crippen LogP) is 0.725. The molecular weight excluding hydrogens is 166 g/mol. The van der Waals surface area contributed by atoms with Crippen LogP contribution in [0.5, 0.6) is 0 Å². The van der Waals surface area contributed by atoms with Crippen molar-refractivity contribution in [1.82, 2.24) is 15.0 Å². The van der Waals surface area contributed by atoms with Gasteiger partial charge in [-0.25, -0.2) is 0 Å². The molecule has 0 saturated carbocycles. The molecule has 0 unspecified atom stereocenters. The van der Waals surface area contributed by atoms with Crippen LogP contribution in [-0.2, 0) is 5.41 Å². The number of fused-ring (bicyclic) bond motifs is 2. The first-order chi connectivity index (χ1) is 6.28. The maximum absolute atomic E-state index is 5.26. The van der Waals surface area contributed by atoms with Crippen molar-refractivity contribution in [2.75, 3.05) is 19.6 Å². The van der Waals surface area contributed by atoms with E-state index in [-0.39, 0.29) is 5.41 Å². The third-order valence-electron chi connectivity index (χ3n) is 3.16. The van der Waals surface area contributed by atoms with E-state index < -0.39 is 0 Å². The molecule has 1 aromatic heterocycles. The van der Waals surface area contributed by atoms with Crippen molar-refractivity contribution >= 4 is 0 Å². The summed E-state index contributed by atoms with van der Waals surface area (Å²) >= 11 is 0. The van der Waals surface area contributed by atoms with E-state index in [0.29, 0.717) is 0 Å². The van der Waals surface area contributed by atoms with Crippen LogP contribution in [0.2, 0.25) is 0 Å². The Balaban J connectivity index is 1.92. The maximum atomic E-state index is 5.26. The highest BCUT2D eigenvalue weighted by Crippen LogP contribution is 2.41. The first-order valence-corrected chi connectivity index (χ1v) is 4.82. The van der Waals surface area contributed by atoms with Crippen molar-refractivity contribution in [3.05, 3.63) is 11.7 Å². The van der Waals surface area contributed by atoms with Gasteiger partial charge in [-0.1, -0.05) is 5.16 Å².